The molecular formula is C8H12N4O3S. The Morgan fingerprint density at radius 1 is 1.56 bits per heavy atom. The first-order chi connectivity index (χ1) is 7.62. The van der Waals surface area contributed by atoms with Crippen LogP contribution in [0.4, 0.5) is 5.95 Å². The molecule has 0 radical (unpaired) electrons. The van der Waals surface area contributed by atoms with Crippen molar-refractivity contribution in [1.82, 2.24) is 15.2 Å². The van der Waals surface area contributed by atoms with Gasteiger partial charge in [0.15, 0.2) is 0 Å². The second-order valence-corrected chi connectivity index (χ2v) is 4.87. The molecule has 4 N–H and O–H groups in total. The SMILES string of the molecule is Nc1nc(SC2(C(=O)O)CCOCC2)n[nH]1. The van der Waals surface area contributed by atoms with Gasteiger partial charge in [0.25, 0.3) is 0 Å². The number of thioether (sulfide) groups is 1. The fourth-order valence-electron chi connectivity index (χ4n) is 1.54. The van der Waals surface area contributed by atoms with E-state index >= 15 is 0 Å². The van der Waals surface area contributed by atoms with Crippen molar-refractivity contribution in [2.45, 2.75) is 22.7 Å². The molecule has 16 heavy (non-hydrogen) atoms. The van der Waals surface area contributed by atoms with Crippen molar-refractivity contribution >= 4 is 23.7 Å². The van der Waals surface area contributed by atoms with Crippen LogP contribution >= 0.6 is 11.8 Å². The molecule has 8 heteroatoms. The number of hydrogen-bond acceptors (Lipinski definition) is 6. The number of anilines is 1. The van der Waals surface area contributed by atoms with Crippen LogP contribution in [-0.2, 0) is 9.53 Å². The fourth-order valence-corrected chi connectivity index (χ4v) is 2.58. The summed E-state index contributed by atoms with van der Waals surface area (Å²) < 4.78 is 4.27. The summed E-state index contributed by atoms with van der Waals surface area (Å²) in [5.41, 5.74) is 5.39. The van der Waals surface area contributed by atoms with Gasteiger partial charge in [-0.25, -0.2) is 5.10 Å². The number of nitrogens with two attached hydrogens (primary N) is 1. The summed E-state index contributed by atoms with van der Waals surface area (Å²) in [6.45, 7) is 0.887. The summed E-state index contributed by atoms with van der Waals surface area (Å²) in [7, 11) is 0. The van der Waals surface area contributed by atoms with Gasteiger partial charge in [0.05, 0.1) is 0 Å². The summed E-state index contributed by atoms with van der Waals surface area (Å²) in [5.74, 6) is -0.667. The molecule has 1 aliphatic rings. The van der Waals surface area contributed by atoms with Crippen molar-refractivity contribution in [2.75, 3.05) is 18.9 Å². The lowest BCUT2D eigenvalue weighted by Gasteiger charge is -2.31. The van der Waals surface area contributed by atoms with Crippen LogP contribution in [0.5, 0.6) is 0 Å². The van der Waals surface area contributed by atoms with Crippen LogP contribution in [0.25, 0.3) is 0 Å². The summed E-state index contributed by atoms with van der Waals surface area (Å²) in [5, 5.41) is 16.0. The van der Waals surface area contributed by atoms with E-state index in [-0.39, 0.29) is 5.95 Å². The van der Waals surface area contributed by atoms with E-state index in [0.29, 0.717) is 31.2 Å². The highest BCUT2D eigenvalue weighted by Crippen LogP contribution is 2.39. The maximum absolute atomic E-state index is 11.3. The summed E-state index contributed by atoms with van der Waals surface area (Å²) in [4.78, 5) is 15.2. The fraction of sp³-hybridized carbons (Fsp3) is 0.625. The Bertz CT molecular complexity index is 388. The molecule has 0 amide bonds. The number of rotatable bonds is 3. The van der Waals surface area contributed by atoms with E-state index in [4.69, 9.17) is 10.5 Å². The van der Waals surface area contributed by atoms with E-state index in [9.17, 15) is 9.90 Å². The van der Waals surface area contributed by atoms with Crippen LogP contribution < -0.4 is 5.73 Å². The number of carboxylic acids is 1. The Morgan fingerprint density at radius 3 is 2.75 bits per heavy atom. The molecule has 1 aliphatic heterocycles. The van der Waals surface area contributed by atoms with Crippen LogP contribution in [0, 0.1) is 0 Å². The minimum Gasteiger partial charge on any atom is -0.480 e. The van der Waals surface area contributed by atoms with E-state index < -0.39 is 10.7 Å². The normalized spacial score (nSPS) is 19.5. The maximum atomic E-state index is 11.3. The minimum absolute atomic E-state index is 0.190. The Balaban J connectivity index is 2.16. The van der Waals surface area contributed by atoms with Gasteiger partial charge in [-0.15, -0.1) is 5.10 Å². The Labute approximate surface area is 95.8 Å². The molecular weight excluding hydrogens is 232 g/mol. The lowest BCUT2D eigenvalue weighted by molar-refractivity contribution is -0.142. The number of nitrogens with one attached hydrogen (secondary N) is 1. The number of carbonyl (C=O) groups is 1. The smallest absolute Gasteiger partial charge is 0.320 e. The number of nitrogen functional groups attached to an aromatic ring is 1. The average molecular weight is 244 g/mol. The lowest BCUT2D eigenvalue weighted by atomic mass is 9.99. The third kappa shape index (κ3) is 2.12. The zero-order chi connectivity index (χ0) is 11.6. The first-order valence-electron chi connectivity index (χ1n) is 4.80. The highest BCUT2D eigenvalue weighted by Gasteiger charge is 2.42. The molecule has 7 nitrogen and oxygen atoms in total. The molecule has 1 aromatic heterocycles. The number of carboxylic acid groups (broad SMARTS) is 1. The number of aromatic nitrogens is 3. The standard InChI is InChI=1S/C8H12N4O3S/c9-6-10-7(12-11-6)16-8(5(13)14)1-3-15-4-2-8/h1-4H2,(H,13,14)(H3,9,10,11,12). The monoisotopic (exact) mass is 244 g/mol. The molecule has 1 aromatic rings. The molecule has 88 valence electrons. The van der Waals surface area contributed by atoms with Crippen molar-refractivity contribution in [3.8, 4) is 0 Å². The zero-order valence-corrected chi connectivity index (χ0v) is 9.29. The number of ether oxygens (including phenoxy) is 1. The van der Waals surface area contributed by atoms with Crippen molar-refractivity contribution in [3.63, 3.8) is 0 Å². The molecule has 2 rings (SSSR count). The van der Waals surface area contributed by atoms with Crippen molar-refractivity contribution in [2.24, 2.45) is 0 Å². The second kappa shape index (κ2) is 4.30. The summed E-state index contributed by atoms with van der Waals surface area (Å²) >= 11 is 1.13. The topological polar surface area (TPSA) is 114 Å². The number of nitrogens with zero attached hydrogens (tertiary/aromatic N) is 2. The van der Waals surface area contributed by atoms with Gasteiger partial charge in [-0.2, -0.15) is 4.98 Å². The quantitative estimate of drug-likeness (QED) is 0.691. The van der Waals surface area contributed by atoms with Gasteiger partial charge in [0.2, 0.25) is 11.1 Å². The third-order valence-corrected chi connectivity index (χ3v) is 3.80. The Morgan fingerprint density at radius 2 is 2.25 bits per heavy atom. The molecule has 0 spiro atoms. The molecule has 0 saturated carbocycles. The molecule has 0 unspecified atom stereocenters. The highest BCUT2D eigenvalue weighted by molar-refractivity contribution is 8.01. The van der Waals surface area contributed by atoms with Gasteiger partial charge < -0.3 is 15.6 Å². The third-order valence-electron chi connectivity index (χ3n) is 2.46. The van der Waals surface area contributed by atoms with Gasteiger partial charge in [0, 0.05) is 13.2 Å². The molecule has 1 saturated heterocycles. The largest absolute Gasteiger partial charge is 0.480 e. The number of aromatic amines is 1. The lowest BCUT2D eigenvalue weighted by Crippen LogP contribution is -2.40. The van der Waals surface area contributed by atoms with E-state index in [0.717, 1.165) is 11.8 Å². The number of aliphatic carboxylic acids is 1. The van der Waals surface area contributed by atoms with E-state index in [2.05, 4.69) is 15.2 Å². The predicted octanol–water partition coefficient (Wildman–Crippen LogP) is 0.113. The van der Waals surface area contributed by atoms with Gasteiger partial charge in [0.1, 0.15) is 4.75 Å². The van der Waals surface area contributed by atoms with Crippen LogP contribution in [-0.4, -0.2) is 44.2 Å². The highest BCUT2D eigenvalue weighted by atomic mass is 32.2. The van der Waals surface area contributed by atoms with E-state index in [1.165, 1.54) is 0 Å². The van der Waals surface area contributed by atoms with Crippen LogP contribution in [0.2, 0.25) is 0 Å². The summed E-state index contributed by atoms with van der Waals surface area (Å²) in [6, 6.07) is 0. The van der Waals surface area contributed by atoms with Crippen LogP contribution in [0.3, 0.4) is 0 Å². The van der Waals surface area contributed by atoms with E-state index in [1.807, 2.05) is 0 Å². The van der Waals surface area contributed by atoms with Crippen molar-refractivity contribution < 1.29 is 14.6 Å². The molecule has 0 bridgehead atoms. The summed E-state index contributed by atoms with van der Waals surface area (Å²) in [6.07, 6.45) is 0.892. The Kier molecular flexibility index (Phi) is 3.01. The second-order valence-electron chi connectivity index (χ2n) is 3.52. The average Bonchev–Trinajstić information content (AvgIpc) is 2.65. The number of H-pyrrole nitrogens is 1. The van der Waals surface area contributed by atoms with Crippen LogP contribution in [0.1, 0.15) is 12.8 Å². The first-order valence-corrected chi connectivity index (χ1v) is 5.62. The van der Waals surface area contributed by atoms with Crippen LogP contribution in [0.15, 0.2) is 5.16 Å². The van der Waals surface area contributed by atoms with E-state index in [1.54, 1.807) is 0 Å². The molecule has 0 aliphatic carbocycles. The van der Waals surface area contributed by atoms with Gasteiger partial charge in [-0.3, -0.25) is 4.79 Å². The molecule has 0 atom stereocenters. The maximum Gasteiger partial charge on any atom is 0.320 e. The molecule has 2 heterocycles. The van der Waals surface area contributed by atoms with Crippen molar-refractivity contribution in [1.29, 1.82) is 0 Å². The molecule has 0 aromatic carbocycles. The Hall–Kier alpha value is -1.28. The van der Waals surface area contributed by atoms with Crippen molar-refractivity contribution in [3.05, 3.63) is 0 Å². The molecule has 1 fully saturated rings. The predicted molar refractivity (Wildman–Crippen MR) is 57.1 cm³/mol. The number of hydrogen-bond donors (Lipinski definition) is 3. The van der Waals surface area contributed by atoms with Gasteiger partial charge in [-0.1, -0.05) is 11.8 Å². The zero-order valence-electron chi connectivity index (χ0n) is 8.47. The van der Waals surface area contributed by atoms with Gasteiger partial charge >= 0.3 is 5.97 Å². The first kappa shape index (κ1) is 11.2. The van der Waals surface area contributed by atoms with Gasteiger partial charge in [-0.05, 0) is 12.8 Å². The minimum atomic E-state index is -0.896.